The maximum absolute atomic E-state index is 9.23. The van der Waals surface area contributed by atoms with Crippen LogP contribution in [0.15, 0.2) is 0 Å². The number of rotatable bonds is 14. The van der Waals surface area contributed by atoms with Gasteiger partial charge in [0, 0.05) is 13.2 Å². The molecule has 2 N–H and O–H groups in total. The highest BCUT2D eigenvalue weighted by molar-refractivity contribution is 4.70. The molecule has 0 radical (unpaired) electrons. The SMILES string of the molecule is CCCCCCCCC(CCO)C(CCC)CCO. The largest absolute Gasteiger partial charge is 0.396 e. The van der Waals surface area contributed by atoms with Gasteiger partial charge in [0.25, 0.3) is 0 Å². The van der Waals surface area contributed by atoms with E-state index in [9.17, 15) is 10.2 Å². The van der Waals surface area contributed by atoms with Gasteiger partial charge in [-0.15, -0.1) is 0 Å². The molecule has 0 bridgehead atoms. The molecule has 0 heterocycles. The molecule has 0 saturated heterocycles. The summed E-state index contributed by atoms with van der Waals surface area (Å²) in [5.41, 5.74) is 0. The Morgan fingerprint density at radius 2 is 1.11 bits per heavy atom. The van der Waals surface area contributed by atoms with Gasteiger partial charge in [-0.25, -0.2) is 0 Å². The molecule has 116 valence electrons. The molecule has 0 aliphatic heterocycles. The zero-order valence-corrected chi connectivity index (χ0v) is 13.2. The number of hydrogen-bond donors (Lipinski definition) is 2. The fourth-order valence-corrected chi connectivity index (χ4v) is 3.12. The fourth-order valence-electron chi connectivity index (χ4n) is 3.12. The Bertz CT molecular complexity index is 165. The molecule has 0 aromatic heterocycles. The van der Waals surface area contributed by atoms with Crippen molar-refractivity contribution in [3.8, 4) is 0 Å². The third-order valence-corrected chi connectivity index (χ3v) is 4.25. The highest BCUT2D eigenvalue weighted by Crippen LogP contribution is 2.29. The minimum absolute atomic E-state index is 0.295. The predicted molar refractivity (Wildman–Crippen MR) is 83.3 cm³/mol. The third-order valence-electron chi connectivity index (χ3n) is 4.25. The van der Waals surface area contributed by atoms with E-state index in [0.29, 0.717) is 25.0 Å². The molecule has 2 unspecified atom stereocenters. The standard InChI is InChI=1S/C17H36O2/c1-3-5-6-7-8-9-11-17(13-15-19)16(10-4-2)12-14-18/h16-19H,3-15H2,1-2H3. The first-order chi connectivity index (χ1) is 9.29. The summed E-state index contributed by atoms with van der Waals surface area (Å²) >= 11 is 0. The lowest BCUT2D eigenvalue weighted by Crippen LogP contribution is -2.18. The third kappa shape index (κ3) is 10.4. The molecule has 0 aliphatic rings. The molecule has 2 atom stereocenters. The second-order valence-corrected chi connectivity index (χ2v) is 5.89. The lowest BCUT2D eigenvalue weighted by Gasteiger charge is -2.26. The summed E-state index contributed by atoms with van der Waals surface area (Å²) in [5, 5.41) is 18.4. The van der Waals surface area contributed by atoms with Gasteiger partial charge in [-0.3, -0.25) is 0 Å². The molecule has 0 rings (SSSR count). The Labute approximate surface area is 120 Å². The molecule has 0 fully saturated rings. The van der Waals surface area contributed by atoms with E-state index in [0.717, 1.165) is 12.8 Å². The van der Waals surface area contributed by atoms with Gasteiger partial charge in [-0.05, 0) is 24.7 Å². The molecule has 0 aromatic carbocycles. The van der Waals surface area contributed by atoms with Gasteiger partial charge in [0.15, 0.2) is 0 Å². The second-order valence-electron chi connectivity index (χ2n) is 5.89. The average molecular weight is 272 g/mol. The molecule has 2 heteroatoms. The summed E-state index contributed by atoms with van der Waals surface area (Å²) in [5.74, 6) is 1.22. The van der Waals surface area contributed by atoms with E-state index in [4.69, 9.17) is 0 Å². The van der Waals surface area contributed by atoms with Gasteiger partial charge in [0.1, 0.15) is 0 Å². The number of aliphatic hydroxyl groups excluding tert-OH is 2. The number of aliphatic hydroxyl groups is 2. The van der Waals surface area contributed by atoms with Crippen LogP contribution in [-0.4, -0.2) is 23.4 Å². The van der Waals surface area contributed by atoms with Crippen molar-refractivity contribution in [1.29, 1.82) is 0 Å². The number of unbranched alkanes of at least 4 members (excludes halogenated alkanes) is 5. The van der Waals surface area contributed by atoms with Crippen molar-refractivity contribution in [2.24, 2.45) is 11.8 Å². The van der Waals surface area contributed by atoms with E-state index in [1.54, 1.807) is 0 Å². The van der Waals surface area contributed by atoms with Crippen molar-refractivity contribution in [3.05, 3.63) is 0 Å². The van der Waals surface area contributed by atoms with Crippen LogP contribution in [0.3, 0.4) is 0 Å². The van der Waals surface area contributed by atoms with Crippen LogP contribution in [0.25, 0.3) is 0 Å². The van der Waals surface area contributed by atoms with Crippen LogP contribution < -0.4 is 0 Å². The van der Waals surface area contributed by atoms with Crippen molar-refractivity contribution in [2.45, 2.75) is 84.5 Å². The van der Waals surface area contributed by atoms with E-state index >= 15 is 0 Å². The maximum atomic E-state index is 9.23. The Hall–Kier alpha value is -0.0800. The molecule has 0 aliphatic carbocycles. The lowest BCUT2D eigenvalue weighted by molar-refractivity contribution is 0.165. The van der Waals surface area contributed by atoms with Crippen molar-refractivity contribution >= 4 is 0 Å². The molecule has 0 aromatic rings. The van der Waals surface area contributed by atoms with E-state index in [2.05, 4.69) is 13.8 Å². The van der Waals surface area contributed by atoms with Crippen LogP contribution in [0, 0.1) is 11.8 Å². The van der Waals surface area contributed by atoms with E-state index in [1.165, 1.54) is 57.8 Å². The molecule has 0 amide bonds. The van der Waals surface area contributed by atoms with Crippen molar-refractivity contribution in [2.75, 3.05) is 13.2 Å². The van der Waals surface area contributed by atoms with Gasteiger partial charge in [-0.2, -0.15) is 0 Å². The summed E-state index contributed by atoms with van der Waals surface area (Å²) in [6, 6.07) is 0. The van der Waals surface area contributed by atoms with Gasteiger partial charge in [-0.1, -0.05) is 71.6 Å². The summed E-state index contributed by atoms with van der Waals surface area (Å²) in [7, 11) is 0. The highest BCUT2D eigenvalue weighted by atomic mass is 16.3. The summed E-state index contributed by atoms with van der Waals surface area (Å²) in [6.45, 7) is 5.06. The smallest absolute Gasteiger partial charge is 0.0433 e. The van der Waals surface area contributed by atoms with Crippen molar-refractivity contribution in [3.63, 3.8) is 0 Å². The molecule has 0 saturated carbocycles. The fraction of sp³-hybridized carbons (Fsp3) is 1.00. The molecular weight excluding hydrogens is 236 g/mol. The Morgan fingerprint density at radius 1 is 0.579 bits per heavy atom. The molecule has 19 heavy (non-hydrogen) atoms. The van der Waals surface area contributed by atoms with Crippen LogP contribution >= 0.6 is 0 Å². The van der Waals surface area contributed by atoms with Crippen LogP contribution in [0.4, 0.5) is 0 Å². The monoisotopic (exact) mass is 272 g/mol. The van der Waals surface area contributed by atoms with Gasteiger partial charge in [0.2, 0.25) is 0 Å². The van der Waals surface area contributed by atoms with E-state index in [1.807, 2.05) is 0 Å². The van der Waals surface area contributed by atoms with Crippen LogP contribution in [0.5, 0.6) is 0 Å². The highest BCUT2D eigenvalue weighted by Gasteiger charge is 2.19. The Morgan fingerprint density at radius 3 is 1.63 bits per heavy atom. The minimum atomic E-state index is 0.295. The van der Waals surface area contributed by atoms with Crippen molar-refractivity contribution in [1.82, 2.24) is 0 Å². The van der Waals surface area contributed by atoms with Crippen LogP contribution in [-0.2, 0) is 0 Å². The molecular formula is C17H36O2. The summed E-state index contributed by atoms with van der Waals surface area (Å²) < 4.78 is 0. The predicted octanol–water partition coefficient (Wildman–Crippen LogP) is 4.53. The van der Waals surface area contributed by atoms with Crippen LogP contribution in [0.2, 0.25) is 0 Å². The normalized spacial score (nSPS) is 14.5. The van der Waals surface area contributed by atoms with Gasteiger partial charge in [0.05, 0.1) is 0 Å². The van der Waals surface area contributed by atoms with E-state index in [-0.39, 0.29) is 0 Å². The molecule has 2 nitrogen and oxygen atoms in total. The van der Waals surface area contributed by atoms with Gasteiger partial charge < -0.3 is 10.2 Å². The quantitative estimate of drug-likeness (QED) is 0.456. The summed E-state index contributed by atoms with van der Waals surface area (Å²) in [6.07, 6.45) is 13.5. The Kier molecular flexibility index (Phi) is 14.3. The zero-order chi connectivity index (χ0) is 14.3. The maximum Gasteiger partial charge on any atom is 0.0433 e. The topological polar surface area (TPSA) is 40.5 Å². The number of hydrogen-bond acceptors (Lipinski definition) is 2. The van der Waals surface area contributed by atoms with Gasteiger partial charge >= 0.3 is 0 Å². The summed E-state index contributed by atoms with van der Waals surface area (Å²) in [4.78, 5) is 0. The first-order valence-electron chi connectivity index (χ1n) is 8.51. The average Bonchev–Trinajstić information content (AvgIpc) is 2.41. The Balaban J connectivity index is 3.93. The van der Waals surface area contributed by atoms with Crippen molar-refractivity contribution < 1.29 is 10.2 Å². The van der Waals surface area contributed by atoms with Crippen LogP contribution in [0.1, 0.15) is 84.5 Å². The second kappa shape index (κ2) is 14.3. The zero-order valence-electron chi connectivity index (χ0n) is 13.2. The van der Waals surface area contributed by atoms with E-state index < -0.39 is 0 Å². The first-order valence-corrected chi connectivity index (χ1v) is 8.51. The molecule has 0 spiro atoms. The minimum Gasteiger partial charge on any atom is -0.396 e. The first kappa shape index (κ1) is 18.9. The lowest BCUT2D eigenvalue weighted by atomic mass is 9.81.